The average Bonchev–Trinajstić information content (AvgIpc) is 3.23. The van der Waals surface area contributed by atoms with Crippen molar-refractivity contribution in [3.63, 3.8) is 0 Å². The van der Waals surface area contributed by atoms with Crippen molar-refractivity contribution in [3.8, 4) is 0 Å². The van der Waals surface area contributed by atoms with Crippen LogP contribution in [0.15, 0.2) is 45.3 Å². The molecular formula is C25H32Br2F3N3O. The summed E-state index contributed by atoms with van der Waals surface area (Å²) in [5.41, 5.74) is 7.39. The van der Waals surface area contributed by atoms with Crippen LogP contribution in [0.2, 0.25) is 0 Å². The Morgan fingerprint density at radius 3 is 2.18 bits per heavy atom. The highest BCUT2D eigenvalue weighted by atomic mass is 79.9. The van der Waals surface area contributed by atoms with E-state index in [1.165, 1.54) is 17.2 Å². The Morgan fingerprint density at radius 1 is 1.09 bits per heavy atom. The summed E-state index contributed by atoms with van der Waals surface area (Å²) in [5, 5.41) is 2.62. The first-order chi connectivity index (χ1) is 15.7. The first kappa shape index (κ1) is 28.7. The van der Waals surface area contributed by atoms with Gasteiger partial charge < -0.3 is 16.0 Å². The van der Waals surface area contributed by atoms with E-state index < -0.39 is 11.7 Å². The van der Waals surface area contributed by atoms with Crippen molar-refractivity contribution in [1.29, 1.82) is 0 Å². The van der Waals surface area contributed by atoms with Crippen LogP contribution in [0.25, 0.3) is 0 Å². The molecule has 9 heteroatoms. The second kappa shape index (κ2) is 11.9. The highest BCUT2D eigenvalue weighted by Gasteiger charge is 2.35. The molecule has 3 N–H and O–H groups in total. The van der Waals surface area contributed by atoms with Gasteiger partial charge in [-0.2, -0.15) is 13.2 Å². The quantitative estimate of drug-likeness (QED) is 0.386. The lowest BCUT2D eigenvalue weighted by molar-refractivity contribution is -0.138. The number of nitrogens with two attached hydrogens (primary N) is 1. The predicted octanol–water partition coefficient (Wildman–Crippen LogP) is 7.26. The summed E-state index contributed by atoms with van der Waals surface area (Å²) in [4.78, 5) is 13.9. The molecular weight excluding hydrogens is 575 g/mol. The zero-order chi connectivity index (χ0) is 25.7. The maximum Gasteiger partial charge on any atom is 0.416 e. The van der Waals surface area contributed by atoms with Gasteiger partial charge in [-0.15, -0.1) is 0 Å². The third-order valence-electron chi connectivity index (χ3n) is 6.03. The van der Waals surface area contributed by atoms with Crippen molar-refractivity contribution in [2.75, 3.05) is 13.1 Å². The Morgan fingerprint density at radius 2 is 1.68 bits per heavy atom. The van der Waals surface area contributed by atoms with E-state index in [0.29, 0.717) is 30.0 Å². The summed E-state index contributed by atoms with van der Waals surface area (Å²) < 4.78 is 40.7. The number of rotatable bonds is 3. The van der Waals surface area contributed by atoms with Crippen LogP contribution in [0.4, 0.5) is 18.0 Å². The second-order valence-corrected chi connectivity index (χ2v) is 11.4. The molecule has 2 aromatic rings. The lowest BCUT2D eigenvalue weighted by Gasteiger charge is -2.27. The average molecular weight is 607 g/mol. The fraction of sp³-hybridized carbons (Fsp3) is 0.480. The van der Waals surface area contributed by atoms with Crippen LogP contribution >= 0.6 is 31.9 Å². The molecule has 2 aromatic carbocycles. The molecule has 3 rings (SSSR count). The molecule has 1 heterocycles. The van der Waals surface area contributed by atoms with E-state index in [0.717, 1.165) is 17.0 Å². The summed E-state index contributed by atoms with van der Waals surface area (Å²) >= 11 is 6.44. The molecule has 0 saturated carbocycles. The first-order valence-electron chi connectivity index (χ1n) is 11.1. The van der Waals surface area contributed by atoms with Crippen molar-refractivity contribution in [2.24, 2.45) is 17.1 Å². The SMILES string of the molecule is CC(C)(C)C1CCN(C(=O)NCc2ccc(Br)cc2C(F)(F)F)C1.Cc1cc(Br)ccc1CN. The molecule has 1 saturated heterocycles. The van der Waals surface area contributed by atoms with E-state index in [1.54, 1.807) is 11.0 Å². The number of carbonyl (C=O) groups excluding carboxylic acids is 1. The van der Waals surface area contributed by atoms with Gasteiger partial charge in [0, 0.05) is 35.1 Å². The second-order valence-electron chi connectivity index (χ2n) is 9.53. The summed E-state index contributed by atoms with van der Waals surface area (Å²) in [7, 11) is 0. The third kappa shape index (κ3) is 8.27. The molecule has 1 aliphatic rings. The van der Waals surface area contributed by atoms with Crippen LogP contribution in [0.3, 0.4) is 0 Å². The number of alkyl halides is 3. The summed E-state index contributed by atoms with van der Waals surface area (Å²) in [6.07, 6.45) is -3.53. The molecule has 0 bridgehead atoms. The smallest absolute Gasteiger partial charge is 0.334 e. The monoisotopic (exact) mass is 605 g/mol. The summed E-state index contributed by atoms with van der Waals surface area (Å²) in [5.74, 6) is 0.404. The molecule has 188 valence electrons. The lowest BCUT2D eigenvalue weighted by atomic mass is 9.80. The fourth-order valence-corrected chi connectivity index (χ4v) is 4.63. The number of amides is 2. The van der Waals surface area contributed by atoms with Gasteiger partial charge in [-0.25, -0.2) is 4.79 Å². The standard InChI is InChI=1S/C17H22BrF3N2O.C8H10BrN/c1-16(2,3)12-6-7-23(10-12)15(24)22-9-11-4-5-13(18)8-14(11)17(19,20)21;1-6-4-8(9)3-2-7(6)5-10/h4-5,8,12H,6-7,9-10H2,1-3H3,(H,22,24);2-4H,5,10H2,1H3. The zero-order valence-electron chi connectivity index (χ0n) is 19.9. The number of urea groups is 1. The number of nitrogens with zero attached hydrogens (tertiary/aromatic N) is 1. The summed E-state index contributed by atoms with van der Waals surface area (Å²) in [6, 6.07) is 9.78. The van der Waals surface area contributed by atoms with Gasteiger partial charge in [-0.05, 0) is 65.6 Å². The normalized spacial score (nSPS) is 16.2. The van der Waals surface area contributed by atoms with Crippen molar-refractivity contribution in [2.45, 2.75) is 53.4 Å². The van der Waals surface area contributed by atoms with Gasteiger partial charge in [0.25, 0.3) is 0 Å². The Bertz CT molecular complexity index is 990. The van der Waals surface area contributed by atoms with Gasteiger partial charge in [0.05, 0.1) is 5.56 Å². The van der Waals surface area contributed by atoms with E-state index in [1.807, 2.05) is 12.1 Å². The number of hydrogen-bond donors (Lipinski definition) is 2. The Labute approximate surface area is 216 Å². The lowest BCUT2D eigenvalue weighted by Crippen LogP contribution is -2.39. The highest BCUT2D eigenvalue weighted by Crippen LogP contribution is 2.35. The predicted molar refractivity (Wildman–Crippen MR) is 137 cm³/mol. The van der Waals surface area contributed by atoms with Crippen molar-refractivity contribution < 1.29 is 18.0 Å². The van der Waals surface area contributed by atoms with Crippen LogP contribution < -0.4 is 11.1 Å². The molecule has 1 unspecified atom stereocenters. The molecule has 0 spiro atoms. The van der Waals surface area contributed by atoms with Gasteiger partial charge in [0.2, 0.25) is 0 Å². The van der Waals surface area contributed by atoms with E-state index in [9.17, 15) is 18.0 Å². The van der Waals surface area contributed by atoms with Crippen molar-refractivity contribution in [1.82, 2.24) is 10.2 Å². The maximum absolute atomic E-state index is 13.1. The van der Waals surface area contributed by atoms with Crippen LogP contribution in [-0.4, -0.2) is 24.0 Å². The minimum atomic E-state index is -4.45. The number of aryl methyl sites for hydroxylation is 1. The van der Waals surface area contributed by atoms with E-state index in [-0.39, 0.29) is 23.6 Å². The fourth-order valence-electron chi connectivity index (χ4n) is 3.79. The number of halogens is 5. The minimum absolute atomic E-state index is 0.0608. The molecule has 4 nitrogen and oxygen atoms in total. The topological polar surface area (TPSA) is 58.4 Å². The van der Waals surface area contributed by atoms with Crippen LogP contribution in [0.1, 0.15) is 49.4 Å². The number of hydrogen-bond acceptors (Lipinski definition) is 2. The molecule has 1 fully saturated rings. The van der Waals surface area contributed by atoms with Crippen molar-refractivity contribution in [3.05, 3.63) is 67.6 Å². The Balaban J connectivity index is 0.000000340. The summed E-state index contributed by atoms with van der Waals surface area (Å²) in [6.45, 7) is 10.2. The van der Waals surface area contributed by atoms with Gasteiger partial charge in [-0.1, -0.05) is 64.8 Å². The number of benzene rings is 2. The Hall–Kier alpha value is -1.58. The van der Waals surface area contributed by atoms with Crippen LogP contribution in [-0.2, 0) is 19.3 Å². The number of nitrogens with one attached hydrogen (secondary N) is 1. The largest absolute Gasteiger partial charge is 0.416 e. The van der Waals surface area contributed by atoms with E-state index in [4.69, 9.17) is 5.73 Å². The van der Waals surface area contributed by atoms with Gasteiger partial charge in [0.1, 0.15) is 0 Å². The van der Waals surface area contributed by atoms with Gasteiger partial charge in [0.15, 0.2) is 0 Å². The maximum atomic E-state index is 13.1. The Kier molecular flexibility index (Phi) is 10.0. The van der Waals surface area contributed by atoms with Crippen LogP contribution in [0.5, 0.6) is 0 Å². The molecule has 2 amide bonds. The highest BCUT2D eigenvalue weighted by molar-refractivity contribution is 9.10. The van der Waals surface area contributed by atoms with Crippen molar-refractivity contribution >= 4 is 37.9 Å². The van der Waals surface area contributed by atoms with E-state index >= 15 is 0 Å². The molecule has 0 radical (unpaired) electrons. The third-order valence-corrected chi connectivity index (χ3v) is 7.02. The van der Waals surface area contributed by atoms with Crippen LogP contribution in [0, 0.1) is 18.3 Å². The first-order valence-corrected chi connectivity index (χ1v) is 12.6. The molecule has 0 aliphatic carbocycles. The van der Waals surface area contributed by atoms with E-state index in [2.05, 4.69) is 70.9 Å². The molecule has 1 atom stereocenters. The molecule has 1 aliphatic heterocycles. The number of likely N-dealkylation sites (tertiary alicyclic amines) is 1. The van der Waals surface area contributed by atoms with Gasteiger partial charge >= 0.3 is 12.2 Å². The molecule has 34 heavy (non-hydrogen) atoms. The zero-order valence-corrected chi connectivity index (χ0v) is 23.1. The minimum Gasteiger partial charge on any atom is -0.334 e. The molecule has 0 aromatic heterocycles. The number of carbonyl (C=O) groups is 1. The van der Waals surface area contributed by atoms with Gasteiger partial charge in [-0.3, -0.25) is 0 Å².